The van der Waals surface area contributed by atoms with Crippen LogP contribution >= 0.6 is 0 Å². The summed E-state index contributed by atoms with van der Waals surface area (Å²) in [7, 11) is -20.7. The number of benzene rings is 6. The van der Waals surface area contributed by atoms with E-state index < -0.39 is 105 Å². The molecular weight excluding hydrogens is 1020 g/mol. The van der Waals surface area contributed by atoms with Crippen molar-refractivity contribution in [2.75, 3.05) is 28.7 Å². The van der Waals surface area contributed by atoms with Crippen LogP contribution in [0.1, 0.15) is 0 Å². The Bertz CT molecular complexity index is 3290. The van der Waals surface area contributed by atoms with E-state index in [1.165, 1.54) is 48.5 Å². The predicted molar refractivity (Wildman–Crippen MR) is 222 cm³/mol. The van der Waals surface area contributed by atoms with E-state index in [-0.39, 0.29) is 164 Å². The Morgan fingerprint density at radius 1 is 0.412 bits per heavy atom. The molecule has 26 nitrogen and oxygen atoms in total. The summed E-state index contributed by atoms with van der Waals surface area (Å²) in [6, 6.07) is 15.2. The Kier molecular flexibility index (Phi) is 21.0. The van der Waals surface area contributed by atoms with Crippen LogP contribution in [0.5, 0.6) is 5.75 Å². The van der Waals surface area contributed by atoms with Gasteiger partial charge in [-0.25, -0.2) is 25.3 Å². The molecule has 0 saturated carbocycles. The number of anilines is 5. The van der Waals surface area contributed by atoms with Crippen molar-refractivity contribution in [1.82, 2.24) is 0 Å². The van der Waals surface area contributed by atoms with Crippen LogP contribution in [0.15, 0.2) is 145 Å². The van der Waals surface area contributed by atoms with Gasteiger partial charge in [0.25, 0.3) is 10.1 Å². The van der Waals surface area contributed by atoms with Gasteiger partial charge >= 0.3 is 118 Å². The second-order valence-electron chi connectivity index (χ2n) is 12.9. The van der Waals surface area contributed by atoms with Crippen molar-refractivity contribution in [3.05, 3.63) is 84.9 Å². The van der Waals surface area contributed by atoms with Gasteiger partial charge < -0.3 is 47.4 Å². The van der Waals surface area contributed by atoms with Crippen LogP contribution < -0.4 is 152 Å². The maximum Gasteiger partial charge on any atom is 1.00 e. The summed E-state index contributed by atoms with van der Waals surface area (Å²) < 4.78 is 141. The number of nitrogens with zero attached hydrogens (tertiary/aromatic N) is 8. The first-order chi connectivity index (χ1) is 29.7. The van der Waals surface area contributed by atoms with Crippen molar-refractivity contribution < 1.29 is 175 Å². The maximum atomic E-state index is 13.9. The first kappa shape index (κ1) is 60.5. The molecule has 0 bridgehead atoms. The first-order valence-electron chi connectivity index (χ1n) is 16.9. The minimum atomic E-state index is -5.47. The first-order valence-corrected chi connectivity index (χ1v) is 22.6. The van der Waals surface area contributed by atoms with Gasteiger partial charge in [-0.1, -0.05) is 5.75 Å². The fraction of sp³-hybridized carbons (Fsp3) is 0. The molecule has 332 valence electrons. The molecule has 0 atom stereocenters. The fourth-order valence-corrected chi connectivity index (χ4v) is 8.02. The summed E-state index contributed by atoms with van der Waals surface area (Å²) >= 11 is 0. The summed E-state index contributed by atoms with van der Waals surface area (Å²) in [5.74, 6) is -1.31. The third-order valence-corrected chi connectivity index (χ3v) is 12.0. The van der Waals surface area contributed by atoms with Crippen LogP contribution in [0.3, 0.4) is 0 Å². The van der Waals surface area contributed by atoms with Crippen molar-refractivity contribution in [2.45, 2.75) is 19.6 Å². The molecule has 34 heteroatoms. The molecule has 0 saturated heterocycles. The normalized spacial score (nSPS) is 12.2. The molecule has 0 amide bonds. The van der Waals surface area contributed by atoms with Crippen molar-refractivity contribution >= 4 is 125 Å². The van der Waals surface area contributed by atoms with Crippen molar-refractivity contribution in [2.24, 2.45) is 40.9 Å². The molecule has 6 aromatic carbocycles. The van der Waals surface area contributed by atoms with Crippen molar-refractivity contribution in [1.29, 1.82) is 0 Å². The van der Waals surface area contributed by atoms with Crippen LogP contribution in [-0.4, -0.2) is 51.9 Å². The molecule has 0 spiro atoms. The number of nitrogens with two attached hydrogens (primary N) is 5. The molecule has 0 heterocycles. The summed E-state index contributed by atoms with van der Waals surface area (Å²) in [5.41, 5.74) is 25.2. The molecule has 0 radical (unpaired) electrons. The van der Waals surface area contributed by atoms with Crippen molar-refractivity contribution in [3.63, 3.8) is 0 Å². The third-order valence-electron chi connectivity index (χ3n) is 8.48. The average Bonchev–Trinajstić information content (AvgIpc) is 3.18. The molecule has 0 aliphatic rings. The Morgan fingerprint density at radius 2 is 0.735 bits per heavy atom. The Morgan fingerprint density at radius 3 is 1.07 bits per heavy atom. The van der Waals surface area contributed by atoms with Gasteiger partial charge in [0.05, 0.1) is 71.6 Å². The number of fused-ring (bicyclic) bond motifs is 1. The third kappa shape index (κ3) is 14.3. The minimum absolute atomic E-state index is 0. The molecule has 0 unspecified atom stereocenters. The molecule has 6 rings (SSSR count). The van der Waals surface area contributed by atoms with Crippen LogP contribution in [0.4, 0.5) is 73.9 Å². The van der Waals surface area contributed by atoms with Gasteiger partial charge in [-0.15, -0.1) is 20.5 Å². The standard InChI is InChI=1S/C34H29N13O13S4.4Na/c35-20-11-22(37)26(61(49,50)51)13-24(20)44-40-16-1-5-18(6-2-16)42-46-32-28(63(55,56)57)9-15-10-29(64(58,59)60)33(34(48)30(15)31(32)39)47-43-19-7-3-17(4-8-19)41-45-25-14-27(62(52,53)54)23(38)12-21(25)36;;;;/h1-14,48H,35-39H2,(H,49,50,51)(H,52,53,54)(H,55,56,57)(H,58,59,60);;;;/q;4*+1/p-4. The molecular formula is C34H25N13Na4O13S4. The SMILES string of the molecule is Nc1cc(N)c(S(=O)(=O)[O-])cc1N=Nc1ccc(N=Nc2c(S(=O)(=O)[O-])cc3cc(S(=O)(=O)O)c(N=Nc4ccc(N=Nc5cc(S(=O)(=O)[O-])c(N)cc5N)cc4)c([O-])c3c2N)cc1.[Na+].[Na+].[Na+].[Na+]. The second kappa shape index (κ2) is 23.6. The van der Waals surface area contributed by atoms with Crippen molar-refractivity contribution in [3.8, 4) is 5.75 Å². The number of nitrogen functional groups attached to an aromatic ring is 5. The van der Waals surface area contributed by atoms with E-state index in [1.54, 1.807) is 0 Å². The Hall–Kier alpha value is -3.58. The van der Waals surface area contributed by atoms with Gasteiger partial charge in [0, 0.05) is 5.39 Å². The molecule has 6 aromatic rings. The minimum Gasteiger partial charge on any atom is -0.870 e. The number of hydrogen-bond donors (Lipinski definition) is 6. The smallest absolute Gasteiger partial charge is 0.870 e. The van der Waals surface area contributed by atoms with Crippen LogP contribution in [0, 0.1) is 0 Å². The molecule has 11 N–H and O–H groups in total. The Balaban J connectivity index is 0.00000397. The molecule has 68 heavy (non-hydrogen) atoms. The van der Waals surface area contributed by atoms with Gasteiger partial charge in [0.2, 0.25) is 0 Å². The topological polar surface area (TPSA) is 478 Å². The van der Waals surface area contributed by atoms with E-state index in [2.05, 4.69) is 40.9 Å². The van der Waals surface area contributed by atoms with Crippen LogP contribution in [-0.2, 0) is 40.5 Å². The fourth-order valence-electron chi connectivity index (χ4n) is 5.50. The van der Waals surface area contributed by atoms with Gasteiger partial charge in [-0.3, -0.25) is 4.55 Å². The van der Waals surface area contributed by atoms with Gasteiger partial charge in [0.15, 0.2) is 0 Å². The molecule has 0 aliphatic carbocycles. The molecule has 0 fully saturated rings. The van der Waals surface area contributed by atoms with E-state index in [9.17, 15) is 57.0 Å². The number of azo groups is 4. The van der Waals surface area contributed by atoms with E-state index >= 15 is 0 Å². The molecule has 0 aromatic heterocycles. The second-order valence-corrected chi connectivity index (χ2v) is 18.3. The molecule has 0 aliphatic heterocycles. The maximum absolute atomic E-state index is 13.9. The summed E-state index contributed by atoms with van der Waals surface area (Å²) in [6.07, 6.45) is 0. The van der Waals surface area contributed by atoms with E-state index in [0.717, 1.165) is 24.3 Å². The average molecular weight is 1040 g/mol. The summed E-state index contributed by atoms with van der Waals surface area (Å²) in [4.78, 5) is -3.81. The van der Waals surface area contributed by atoms with Crippen LogP contribution in [0.25, 0.3) is 10.8 Å². The van der Waals surface area contributed by atoms with Crippen LogP contribution in [0.2, 0.25) is 0 Å². The number of hydrogen-bond acceptors (Lipinski definition) is 25. The quantitative estimate of drug-likeness (QED) is 0.0287. The monoisotopic (exact) mass is 1040 g/mol. The summed E-state index contributed by atoms with van der Waals surface area (Å²) in [5, 5.41) is 43.4. The van der Waals surface area contributed by atoms with E-state index in [0.29, 0.717) is 12.1 Å². The van der Waals surface area contributed by atoms with Gasteiger partial charge in [-0.2, -0.15) is 28.9 Å². The van der Waals surface area contributed by atoms with Gasteiger partial charge in [-0.05, 0) is 90.3 Å². The summed E-state index contributed by atoms with van der Waals surface area (Å²) in [6.45, 7) is 0. The van der Waals surface area contributed by atoms with E-state index in [1.807, 2.05) is 0 Å². The van der Waals surface area contributed by atoms with Gasteiger partial charge in [0.1, 0.15) is 52.3 Å². The number of rotatable bonds is 12. The zero-order valence-corrected chi connectivity index (χ0v) is 46.8. The van der Waals surface area contributed by atoms with E-state index in [4.69, 9.17) is 28.7 Å². The Labute approximate surface area is 474 Å². The largest absolute Gasteiger partial charge is 1.00 e. The zero-order chi connectivity index (χ0) is 47.1. The zero-order valence-electron chi connectivity index (χ0n) is 35.5. The predicted octanol–water partition coefficient (Wildman–Crippen LogP) is -6.54.